The van der Waals surface area contributed by atoms with E-state index < -0.39 is 36.1 Å². The summed E-state index contributed by atoms with van der Waals surface area (Å²) in [6, 6.07) is 21.1. The summed E-state index contributed by atoms with van der Waals surface area (Å²) in [6.45, 7) is 6.86. The van der Waals surface area contributed by atoms with Crippen LogP contribution >= 0.6 is 0 Å². The first-order valence-corrected chi connectivity index (χ1v) is 21.5. The maximum atomic E-state index is 13.3. The molecule has 0 aliphatic heterocycles. The first kappa shape index (κ1) is 46.5. The van der Waals surface area contributed by atoms with Crippen molar-refractivity contribution in [1.82, 2.24) is 10.6 Å². The van der Waals surface area contributed by atoms with Gasteiger partial charge in [0, 0.05) is 24.2 Å². The minimum absolute atomic E-state index is 0.275. The number of carbonyl (C=O) groups is 4. The van der Waals surface area contributed by atoms with Crippen molar-refractivity contribution in [2.75, 3.05) is 23.8 Å². The van der Waals surface area contributed by atoms with Crippen LogP contribution in [-0.4, -0.2) is 49.3 Å². The summed E-state index contributed by atoms with van der Waals surface area (Å²) >= 11 is 0. The number of unbranched alkanes of at least 4 members (excludes halogenated alkanes) is 14. The van der Waals surface area contributed by atoms with Crippen LogP contribution in [0.1, 0.15) is 133 Å². The molecule has 0 saturated heterocycles. The van der Waals surface area contributed by atoms with E-state index in [1.807, 2.05) is 67.6 Å². The number of hydrogen-bond acceptors (Lipinski definition) is 6. The molecule has 312 valence electrons. The molecule has 0 heterocycles. The summed E-state index contributed by atoms with van der Waals surface area (Å²) in [4.78, 5) is 53.0. The van der Waals surface area contributed by atoms with Gasteiger partial charge in [-0.2, -0.15) is 0 Å². The lowest BCUT2D eigenvalue weighted by Crippen LogP contribution is -2.45. The average molecular weight is 785 g/mol. The van der Waals surface area contributed by atoms with Crippen LogP contribution in [0.2, 0.25) is 0 Å². The third-order valence-electron chi connectivity index (χ3n) is 9.97. The number of benzene rings is 3. The van der Waals surface area contributed by atoms with Crippen LogP contribution in [0, 0.1) is 6.92 Å². The zero-order valence-electron chi connectivity index (χ0n) is 34.8. The highest BCUT2D eigenvalue weighted by molar-refractivity contribution is 5.96. The third kappa shape index (κ3) is 20.2. The van der Waals surface area contributed by atoms with Crippen LogP contribution in [0.4, 0.5) is 21.0 Å². The minimum atomic E-state index is -0.898. The van der Waals surface area contributed by atoms with Gasteiger partial charge in [-0.15, -0.1) is 0 Å². The molecule has 10 heteroatoms. The molecule has 0 fully saturated rings. The molecule has 2 atom stereocenters. The second-order valence-corrected chi connectivity index (χ2v) is 15.0. The predicted molar refractivity (Wildman–Crippen MR) is 230 cm³/mol. The number of carbonyl (C=O) groups excluding carboxylic acids is 4. The summed E-state index contributed by atoms with van der Waals surface area (Å²) in [5.74, 6) is -0.969. The number of anilines is 2. The quantitative estimate of drug-likeness (QED) is 0.0428. The number of nitrogens with one attached hydrogen (secondary N) is 4. The number of amides is 4. The second-order valence-electron chi connectivity index (χ2n) is 15.0. The molecule has 0 bridgehead atoms. The Labute approximate surface area is 341 Å². The lowest BCUT2D eigenvalue weighted by atomic mass is 10.1. The van der Waals surface area contributed by atoms with E-state index in [2.05, 4.69) is 35.1 Å². The molecule has 3 aromatic carbocycles. The normalized spacial score (nSPS) is 11.9. The van der Waals surface area contributed by atoms with E-state index in [0.717, 1.165) is 55.2 Å². The van der Waals surface area contributed by atoms with Gasteiger partial charge >= 0.3 is 24.0 Å². The molecule has 4 amide bonds. The minimum Gasteiger partial charge on any atom is -0.464 e. The first-order valence-electron chi connectivity index (χ1n) is 21.5. The van der Waals surface area contributed by atoms with Gasteiger partial charge in [-0.05, 0) is 48.6 Å². The molecule has 0 radical (unpaired) electrons. The van der Waals surface area contributed by atoms with Gasteiger partial charge in [0.2, 0.25) is 0 Å². The van der Waals surface area contributed by atoms with Crippen LogP contribution in [-0.2, 0) is 31.9 Å². The lowest BCUT2D eigenvalue weighted by molar-refractivity contribution is -0.146. The maximum Gasteiger partial charge on any atom is 0.329 e. The number of esters is 2. The highest BCUT2D eigenvalue weighted by Gasteiger charge is 2.25. The van der Waals surface area contributed by atoms with E-state index >= 15 is 0 Å². The summed E-state index contributed by atoms with van der Waals surface area (Å²) in [5.41, 5.74) is 3.39. The Bertz CT molecular complexity index is 1590. The summed E-state index contributed by atoms with van der Waals surface area (Å²) in [7, 11) is 0. The van der Waals surface area contributed by atoms with Gasteiger partial charge in [-0.25, -0.2) is 19.2 Å². The van der Waals surface area contributed by atoms with E-state index in [9.17, 15) is 19.2 Å². The number of aryl methyl sites for hydroxylation is 1. The Kier molecular flexibility index (Phi) is 23.3. The number of hydrogen-bond donors (Lipinski definition) is 4. The van der Waals surface area contributed by atoms with Gasteiger partial charge in [0.05, 0.1) is 13.2 Å². The topological polar surface area (TPSA) is 135 Å². The van der Waals surface area contributed by atoms with Gasteiger partial charge in [0.1, 0.15) is 12.1 Å². The van der Waals surface area contributed by atoms with Gasteiger partial charge in [0.25, 0.3) is 0 Å². The van der Waals surface area contributed by atoms with E-state index in [0.29, 0.717) is 24.6 Å². The van der Waals surface area contributed by atoms with Crippen LogP contribution in [0.3, 0.4) is 0 Å². The number of ether oxygens (including phenoxy) is 2. The molecule has 0 spiro atoms. The van der Waals surface area contributed by atoms with Gasteiger partial charge < -0.3 is 30.7 Å². The van der Waals surface area contributed by atoms with Crippen molar-refractivity contribution in [1.29, 1.82) is 0 Å². The van der Waals surface area contributed by atoms with E-state index in [1.165, 1.54) is 64.2 Å². The molecule has 0 aromatic heterocycles. The molecular weight excluding hydrogens is 717 g/mol. The molecule has 0 aliphatic rings. The van der Waals surface area contributed by atoms with Crippen molar-refractivity contribution in [2.45, 2.75) is 148 Å². The molecule has 3 aromatic rings. The van der Waals surface area contributed by atoms with E-state index in [-0.39, 0.29) is 12.8 Å². The fourth-order valence-corrected chi connectivity index (χ4v) is 6.58. The molecule has 10 nitrogen and oxygen atoms in total. The summed E-state index contributed by atoms with van der Waals surface area (Å²) < 4.78 is 11.2. The van der Waals surface area contributed by atoms with Crippen molar-refractivity contribution in [3.8, 4) is 0 Å². The van der Waals surface area contributed by atoms with Crippen LogP contribution in [0.15, 0.2) is 78.9 Å². The van der Waals surface area contributed by atoms with Crippen molar-refractivity contribution in [3.63, 3.8) is 0 Å². The molecular formula is C47H68N4O6. The zero-order valence-corrected chi connectivity index (χ0v) is 34.8. The van der Waals surface area contributed by atoms with Crippen LogP contribution in [0.25, 0.3) is 0 Å². The van der Waals surface area contributed by atoms with Gasteiger partial charge in [-0.3, -0.25) is 0 Å². The Morgan fingerprint density at radius 3 is 1.35 bits per heavy atom. The average Bonchev–Trinajstić information content (AvgIpc) is 3.21. The van der Waals surface area contributed by atoms with Crippen LogP contribution in [0.5, 0.6) is 0 Å². The lowest BCUT2D eigenvalue weighted by Gasteiger charge is -2.20. The molecule has 0 saturated carbocycles. The zero-order chi connectivity index (χ0) is 40.9. The number of urea groups is 2. The molecule has 3 rings (SSSR count). The highest BCUT2D eigenvalue weighted by atomic mass is 16.5. The standard InChI is InChI=1S/C47H68N4O6/c1-4-6-8-10-12-14-16-24-32-56-44(52)42(34-38-26-20-18-21-27-38)50-46(54)48-40-31-30-37(3)41(36-40)49-47(55)51-43(35-39-28-22-19-23-29-39)45(53)57-33-25-17-15-13-11-9-7-5-2/h18-23,26-31,36,42-43H,4-17,24-25,32-35H2,1-3H3,(H2,48,50,54)(H2,49,51,55)/t42-,43-/m0/s1. The highest BCUT2D eigenvalue weighted by Crippen LogP contribution is 2.21. The Morgan fingerprint density at radius 1 is 0.509 bits per heavy atom. The van der Waals surface area contributed by atoms with Gasteiger partial charge in [-0.1, -0.05) is 170 Å². The smallest absolute Gasteiger partial charge is 0.329 e. The largest absolute Gasteiger partial charge is 0.464 e. The van der Waals surface area contributed by atoms with E-state index in [4.69, 9.17) is 9.47 Å². The SMILES string of the molecule is CCCCCCCCCCOC(=O)[C@H](Cc1ccccc1)NC(=O)Nc1ccc(C)c(NC(=O)N[C@@H](Cc2ccccc2)C(=O)OCCCCCCCCCC)c1. The van der Waals surface area contributed by atoms with Gasteiger partial charge in [0.15, 0.2) is 0 Å². The number of rotatable bonds is 28. The van der Waals surface area contributed by atoms with Crippen molar-refractivity contribution >= 4 is 35.4 Å². The second kappa shape index (κ2) is 28.5. The van der Waals surface area contributed by atoms with E-state index in [1.54, 1.807) is 18.2 Å². The van der Waals surface area contributed by atoms with Crippen molar-refractivity contribution in [2.24, 2.45) is 0 Å². The summed E-state index contributed by atoms with van der Waals surface area (Å²) in [6.07, 6.45) is 18.7. The molecule has 57 heavy (non-hydrogen) atoms. The third-order valence-corrected chi connectivity index (χ3v) is 9.97. The Balaban J connectivity index is 1.56. The first-order chi connectivity index (χ1) is 27.8. The Hall–Kier alpha value is -4.86. The van der Waals surface area contributed by atoms with Crippen molar-refractivity contribution in [3.05, 3.63) is 95.6 Å². The van der Waals surface area contributed by atoms with Crippen LogP contribution < -0.4 is 21.3 Å². The Morgan fingerprint density at radius 2 is 0.912 bits per heavy atom. The molecule has 4 N–H and O–H groups in total. The molecule has 0 aliphatic carbocycles. The predicted octanol–water partition coefficient (Wildman–Crippen LogP) is 10.8. The monoisotopic (exact) mass is 785 g/mol. The maximum absolute atomic E-state index is 13.3. The van der Waals surface area contributed by atoms with Crippen molar-refractivity contribution < 1.29 is 28.7 Å². The fourth-order valence-electron chi connectivity index (χ4n) is 6.58. The summed E-state index contributed by atoms with van der Waals surface area (Å²) in [5, 5.41) is 11.2. The molecule has 0 unspecified atom stereocenters. The fraction of sp³-hybridized carbons (Fsp3) is 0.532.